The molecule has 1 aromatic rings. The van der Waals surface area contributed by atoms with Gasteiger partial charge in [-0.05, 0) is 109 Å². The molecule has 1 saturated heterocycles. The van der Waals surface area contributed by atoms with Crippen LogP contribution in [-0.2, 0) is 46.3 Å². The van der Waals surface area contributed by atoms with Crippen molar-refractivity contribution in [3.8, 4) is 0 Å². The fourth-order valence-electron chi connectivity index (χ4n) is 6.78. The third kappa shape index (κ3) is 32.5. The minimum Gasteiger partial charge on any atom is -0.462 e. The van der Waals surface area contributed by atoms with E-state index >= 15 is 0 Å². The van der Waals surface area contributed by atoms with Crippen molar-refractivity contribution in [2.24, 2.45) is 0 Å². The molecule has 0 saturated carbocycles. The molecule has 1 fully saturated rings. The number of unbranched alkanes of at least 4 members (excludes halogenated alkanes) is 6. The molecule has 2 rings (SSSR count). The summed E-state index contributed by atoms with van der Waals surface area (Å²) in [5.41, 5.74) is 4.57. The van der Waals surface area contributed by atoms with Crippen LogP contribution >= 0.6 is 15.6 Å². The summed E-state index contributed by atoms with van der Waals surface area (Å²) < 4.78 is 56.7. The number of carbonyl (C=O) groups excluding carboxylic acids is 2. The first-order chi connectivity index (χ1) is 35.0. The number of phosphoric ester groups is 2. The minimum atomic E-state index is -5.45. The lowest BCUT2D eigenvalue weighted by Gasteiger charge is -2.21. The maximum Gasteiger partial charge on any atom is 0.481 e. The number of aromatic nitrogens is 2. The van der Waals surface area contributed by atoms with Gasteiger partial charge in [0.15, 0.2) is 12.3 Å². The molecule has 0 radical (unpaired) electrons. The molecule has 7 N–H and O–H groups in total. The topological polar surface area (TPSA) is 286 Å². The SMILES string of the molecule is CC/C=C\C/C=C\C/C=C\C/C=C\CCCCCCC(=O)O[C@H](COC(=O)CCC/C=C\C/C=C\C/C=C\C/C=C\CCC[C@@H](C)O)COP(=O)(O)OP(=O)(O)OC[C@H]1O[C@@H](n2ccc(N)nc2=O)[C@H](O)[C@@H]1O. The summed E-state index contributed by atoms with van der Waals surface area (Å²) in [5, 5.41) is 30.2. The Morgan fingerprint density at radius 2 is 1.22 bits per heavy atom. The lowest BCUT2D eigenvalue weighted by Crippen LogP contribution is -2.36. The second kappa shape index (κ2) is 39.1. The first-order valence-corrected chi connectivity index (χ1v) is 28.3. The number of nitrogen functional groups attached to an aromatic ring is 1. The van der Waals surface area contributed by atoms with Gasteiger partial charge < -0.3 is 45.1 Å². The van der Waals surface area contributed by atoms with Crippen LogP contribution < -0.4 is 11.4 Å². The molecule has 19 nitrogen and oxygen atoms in total. The van der Waals surface area contributed by atoms with Gasteiger partial charge in [0.2, 0.25) is 0 Å². The highest BCUT2D eigenvalue weighted by molar-refractivity contribution is 7.61. The highest BCUT2D eigenvalue weighted by atomic mass is 31.3. The standard InChI is InChI=1S/C52H81N3O16P2/c1-3-4-5-6-7-8-9-10-11-12-15-19-22-25-28-31-34-37-48(58)69-44(40-66-47(57)36-33-30-27-24-21-18-16-13-14-17-20-23-26-29-32-35-43(2)56)41-67-72(62,63)71-73(64,65)68-42-45-49(59)50(60)51(70-45)55-39-38-46(53)54-52(55)61/h4-5,7-8,10-11,14-19,23-24,26-27,38-39,43-45,49-51,56,59-60H,3,6,9,12-13,20-22,25,28-37,40-42H2,1-2H3,(H,62,63)(H,64,65)(H2,53,54,61)/b5-4-,8-7-,11-10-,17-14-,18-16-,19-15-,26-23-,27-24-/t43-,44-,45-,49-,50-,51-/m1/s1. The zero-order valence-corrected chi connectivity index (χ0v) is 44.3. The number of phosphoric acid groups is 2. The fraction of sp³-hybridized carbons (Fsp3) is 0.577. The Kier molecular flexibility index (Phi) is 34.7. The van der Waals surface area contributed by atoms with Crippen molar-refractivity contribution in [1.29, 1.82) is 0 Å². The Hall–Kier alpha value is -4.36. The van der Waals surface area contributed by atoms with Crippen molar-refractivity contribution in [1.82, 2.24) is 9.55 Å². The van der Waals surface area contributed by atoms with E-state index in [1.54, 1.807) is 6.92 Å². The molecular formula is C52H81N3O16P2. The first kappa shape index (κ1) is 64.8. The predicted molar refractivity (Wildman–Crippen MR) is 281 cm³/mol. The third-order valence-electron chi connectivity index (χ3n) is 10.7. The summed E-state index contributed by atoms with van der Waals surface area (Å²) in [6.45, 7) is 1.50. The number of nitrogens with zero attached hydrogens (tertiary/aromatic N) is 2. The van der Waals surface area contributed by atoms with Gasteiger partial charge in [0, 0.05) is 19.0 Å². The van der Waals surface area contributed by atoms with Gasteiger partial charge in [0.25, 0.3) is 0 Å². The van der Waals surface area contributed by atoms with Crippen LogP contribution in [0.4, 0.5) is 5.82 Å². The highest BCUT2D eigenvalue weighted by Gasteiger charge is 2.46. The van der Waals surface area contributed by atoms with E-state index in [1.807, 2.05) is 18.2 Å². The van der Waals surface area contributed by atoms with E-state index in [2.05, 4.69) is 95.2 Å². The first-order valence-electron chi connectivity index (χ1n) is 25.3. The Morgan fingerprint density at radius 3 is 1.78 bits per heavy atom. The van der Waals surface area contributed by atoms with Crippen molar-refractivity contribution in [2.45, 2.75) is 173 Å². The second-order valence-corrected chi connectivity index (χ2v) is 20.3. The smallest absolute Gasteiger partial charge is 0.462 e. The van der Waals surface area contributed by atoms with Crippen molar-refractivity contribution < 1.29 is 71.4 Å². The Labute approximate surface area is 431 Å². The van der Waals surface area contributed by atoms with Gasteiger partial charge in [-0.15, -0.1) is 0 Å². The van der Waals surface area contributed by atoms with E-state index in [1.165, 1.54) is 6.07 Å². The third-order valence-corrected chi connectivity index (χ3v) is 13.3. The van der Waals surface area contributed by atoms with Gasteiger partial charge in [0.1, 0.15) is 30.7 Å². The van der Waals surface area contributed by atoms with Crippen LogP contribution in [0.25, 0.3) is 0 Å². The summed E-state index contributed by atoms with van der Waals surface area (Å²) in [4.78, 5) is 61.9. The van der Waals surface area contributed by atoms with Crippen LogP contribution in [0.1, 0.15) is 142 Å². The van der Waals surface area contributed by atoms with Gasteiger partial charge in [-0.3, -0.25) is 23.2 Å². The lowest BCUT2D eigenvalue weighted by atomic mass is 10.1. The molecule has 2 heterocycles. The number of ether oxygens (including phenoxy) is 3. The Bertz CT molecular complexity index is 2120. The number of hydrogen-bond donors (Lipinski definition) is 6. The van der Waals surface area contributed by atoms with Crippen LogP contribution in [0.3, 0.4) is 0 Å². The maximum atomic E-state index is 12.9. The number of anilines is 1. The Morgan fingerprint density at radius 1 is 0.712 bits per heavy atom. The van der Waals surface area contributed by atoms with E-state index in [-0.39, 0.29) is 24.8 Å². The number of allylic oxidation sites excluding steroid dienone is 16. The van der Waals surface area contributed by atoms with E-state index in [0.717, 1.165) is 101 Å². The summed E-state index contributed by atoms with van der Waals surface area (Å²) in [6.07, 6.45) is 40.5. The quantitative estimate of drug-likeness (QED) is 0.0154. The normalized spacial score (nSPS) is 20.2. The Balaban J connectivity index is 1.84. The summed E-state index contributed by atoms with van der Waals surface area (Å²) in [5.74, 6) is -1.42. The molecule has 1 aliphatic heterocycles. The van der Waals surface area contributed by atoms with E-state index in [0.29, 0.717) is 19.3 Å². The molecule has 1 aromatic heterocycles. The zero-order chi connectivity index (χ0) is 53.6. The molecule has 1 aliphatic rings. The van der Waals surface area contributed by atoms with E-state index in [4.69, 9.17) is 29.0 Å². The summed E-state index contributed by atoms with van der Waals surface area (Å²) >= 11 is 0. The van der Waals surface area contributed by atoms with Crippen molar-refractivity contribution in [2.75, 3.05) is 25.6 Å². The number of esters is 2. The van der Waals surface area contributed by atoms with Crippen molar-refractivity contribution in [3.63, 3.8) is 0 Å². The monoisotopic (exact) mass is 1070 g/mol. The average Bonchev–Trinajstić information content (AvgIpc) is 3.62. The van der Waals surface area contributed by atoms with Gasteiger partial charge in [-0.2, -0.15) is 9.29 Å². The molecular weight excluding hydrogens is 985 g/mol. The molecule has 410 valence electrons. The molecule has 0 spiro atoms. The summed E-state index contributed by atoms with van der Waals surface area (Å²) in [6, 6.07) is 1.24. The fourth-order valence-corrected chi connectivity index (χ4v) is 8.89. The van der Waals surface area contributed by atoms with E-state index in [9.17, 15) is 48.6 Å². The molecule has 0 aliphatic carbocycles. The molecule has 0 amide bonds. The number of hydrogen-bond acceptors (Lipinski definition) is 16. The van der Waals surface area contributed by atoms with Gasteiger partial charge in [0.05, 0.1) is 19.3 Å². The second-order valence-electron chi connectivity index (χ2n) is 17.2. The molecule has 21 heteroatoms. The molecule has 2 unspecified atom stereocenters. The number of aliphatic hydroxyl groups excluding tert-OH is 3. The van der Waals surface area contributed by atoms with Crippen LogP contribution in [0.2, 0.25) is 0 Å². The van der Waals surface area contributed by atoms with Crippen LogP contribution in [-0.4, -0.2) is 96.9 Å². The van der Waals surface area contributed by atoms with E-state index < -0.39 is 83.7 Å². The maximum absolute atomic E-state index is 12.9. The lowest BCUT2D eigenvalue weighted by molar-refractivity contribution is -0.161. The largest absolute Gasteiger partial charge is 0.481 e. The molecule has 8 atom stereocenters. The summed E-state index contributed by atoms with van der Waals surface area (Å²) in [7, 11) is -10.9. The predicted octanol–water partition coefficient (Wildman–Crippen LogP) is 9.41. The number of aliphatic hydroxyl groups is 3. The molecule has 73 heavy (non-hydrogen) atoms. The van der Waals surface area contributed by atoms with Gasteiger partial charge in [-0.25, -0.2) is 13.9 Å². The van der Waals surface area contributed by atoms with Crippen LogP contribution in [0.15, 0.2) is 114 Å². The number of carbonyl (C=O) groups is 2. The van der Waals surface area contributed by atoms with Gasteiger partial charge >= 0.3 is 33.3 Å². The molecule has 0 bridgehead atoms. The highest BCUT2D eigenvalue weighted by Crippen LogP contribution is 2.60. The van der Waals surface area contributed by atoms with Crippen LogP contribution in [0, 0.1) is 0 Å². The number of nitrogens with two attached hydrogens (primary N) is 1. The zero-order valence-electron chi connectivity index (χ0n) is 42.5. The minimum absolute atomic E-state index is 0.00185. The van der Waals surface area contributed by atoms with Crippen molar-refractivity contribution in [3.05, 3.63) is 120 Å². The average molecular weight is 1070 g/mol. The molecule has 0 aromatic carbocycles. The van der Waals surface area contributed by atoms with Gasteiger partial charge in [-0.1, -0.05) is 117 Å². The van der Waals surface area contributed by atoms with Crippen LogP contribution in [0.5, 0.6) is 0 Å². The number of rotatable bonds is 40. The van der Waals surface area contributed by atoms with Crippen molar-refractivity contribution >= 4 is 33.4 Å².